The maximum Gasteiger partial charge on any atom is 0.270 e. The second kappa shape index (κ2) is 23.1. The number of aryl methyl sites for hydroxylation is 1. The molecular weight excluding hydrogens is 2100 g/mol. The van der Waals surface area contributed by atoms with Crippen LogP contribution in [0.1, 0.15) is 0 Å². The molecule has 4 aromatic heterocycles. The Morgan fingerprint density at radius 1 is 0.732 bits per heavy atom. The second-order valence-corrected chi connectivity index (χ2v) is 7.53. The van der Waals surface area contributed by atoms with Crippen molar-refractivity contribution in [1.29, 1.82) is 0 Å². The van der Waals surface area contributed by atoms with Crippen molar-refractivity contribution >= 4 is 22.1 Å². The van der Waals surface area contributed by atoms with Crippen molar-refractivity contribution in [1.82, 2.24) is 25.0 Å². The molecule has 4 heterocycles. The molecular formula is C25H18F2N6OU7. The van der Waals surface area contributed by atoms with Crippen LogP contribution in [0.4, 0.5) is 8.78 Å². The predicted octanol–water partition coefficient (Wildman–Crippen LogP) is 4.78. The van der Waals surface area contributed by atoms with E-state index in [2.05, 4.69) is 20.3 Å². The average Bonchev–Trinajstić information content (AvgIpc) is 3.43. The molecule has 0 saturated heterocycles. The number of rotatable bonds is 2. The number of pyridine rings is 2. The maximum absolute atomic E-state index is 12.9. The fraction of sp³-hybridized carbons (Fsp3) is 0.0400. The van der Waals surface area contributed by atoms with E-state index in [1.807, 2.05) is 18.2 Å². The molecule has 0 atom stereocenters. The first kappa shape index (κ1) is 48.1. The molecule has 0 unspecified atom stereocenters. The second-order valence-electron chi connectivity index (χ2n) is 7.53. The third kappa shape index (κ3) is 12.0. The SMILES string of the molecule is Cn1nc(-c2ccc(F)cc2)c2c1ccc[n+]2[O-].Fc1ccc(-c2n[nH]c3cccnc23)cc1.[U].[U].[U].[U].[U].[U].[U]. The molecule has 0 amide bonds. The molecule has 0 aliphatic rings. The van der Waals surface area contributed by atoms with Crippen LogP contribution in [-0.4, -0.2) is 25.0 Å². The van der Waals surface area contributed by atoms with E-state index in [1.165, 1.54) is 30.5 Å². The van der Waals surface area contributed by atoms with Crippen LogP contribution in [0.15, 0.2) is 85.2 Å². The van der Waals surface area contributed by atoms with Crippen molar-refractivity contribution in [3.8, 4) is 22.5 Å². The van der Waals surface area contributed by atoms with Gasteiger partial charge >= 0.3 is 0 Å². The van der Waals surface area contributed by atoms with Crippen molar-refractivity contribution in [3.05, 3.63) is 102 Å². The number of nitrogens with one attached hydrogen (secondary N) is 1. The van der Waals surface area contributed by atoms with Gasteiger partial charge in [-0.2, -0.15) is 14.9 Å². The van der Waals surface area contributed by atoms with Gasteiger partial charge in [0.15, 0.2) is 11.9 Å². The minimum atomic E-state index is -0.311. The summed E-state index contributed by atoms with van der Waals surface area (Å²) in [5, 5.41) is 23.2. The summed E-state index contributed by atoms with van der Waals surface area (Å²) < 4.78 is 28.1. The Kier molecular flexibility index (Phi) is 27.1. The topological polar surface area (TPSA) is 86.3 Å². The molecule has 0 aliphatic carbocycles. The number of benzene rings is 2. The average molecular weight is 2120 g/mol. The van der Waals surface area contributed by atoms with Crippen molar-refractivity contribution in [2.45, 2.75) is 0 Å². The molecule has 6 aromatic rings. The third-order valence-electron chi connectivity index (χ3n) is 5.32. The van der Waals surface area contributed by atoms with Gasteiger partial charge in [0.2, 0.25) is 0 Å². The molecule has 0 aliphatic heterocycles. The Balaban J connectivity index is -0.000000604. The minimum absolute atomic E-state index is 0. The summed E-state index contributed by atoms with van der Waals surface area (Å²) in [7, 11) is 1.77. The molecule has 0 saturated carbocycles. The molecule has 0 bridgehead atoms. The van der Waals surface area contributed by atoms with Crippen molar-refractivity contribution in [3.63, 3.8) is 0 Å². The van der Waals surface area contributed by atoms with E-state index < -0.39 is 0 Å². The van der Waals surface area contributed by atoms with Gasteiger partial charge in [0.1, 0.15) is 28.4 Å². The number of aromatic nitrogens is 6. The summed E-state index contributed by atoms with van der Waals surface area (Å²) in [5.74, 6) is -0.564. The maximum atomic E-state index is 12.9. The summed E-state index contributed by atoms with van der Waals surface area (Å²) in [5.41, 5.74) is 5.79. The van der Waals surface area contributed by atoms with Crippen LogP contribution in [0, 0.1) is 235 Å². The minimum Gasteiger partial charge on any atom is -0.618 e. The van der Waals surface area contributed by atoms with E-state index in [9.17, 15) is 14.0 Å². The first-order valence-corrected chi connectivity index (χ1v) is 10.4. The van der Waals surface area contributed by atoms with E-state index in [0.717, 1.165) is 38.1 Å². The van der Waals surface area contributed by atoms with Gasteiger partial charge in [0.05, 0.1) is 5.52 Å². The van der Waals surface area contributed by atoms with E-state index in [1.54, 1.807) is 48.3 Å². The van der Waals surface area contributed by atoms with Gasteiger partial charge in [-0.1, -0.05) is 0 Å². The molecule has 196 valence electrons. The molecule has 0 spiro atoms. The van der Waals surface area contributed by atoms with Gasteiger partial charge in [-0.25, -0.2) is 8.78 Å². The molecule has 1 N–H and O–H groups in total. The van der Waals surface area contributed by atoms with Crippen LogP contribution in [0.25, 0.3) is 44.6 Å². The molecule has 41 heavy (non-hydrogen) atoms. The fourth-order valence-corrected chi connectivity index (χ4v) is 3.68. The summed E-state index contributed by atoms with van der Waals surface area (Å²) in [6, 6.07) is 19.4. The molecule has 16 heteroatoms. The van der Waals surface area contributed by atoms with Crippen LogP contribution >= 0.6 is 0 Å². The number of fused-ring (bicyclic) bond motifs is 2. The van der Waals surface area contributed by atoms with Gasteiger partial charge in [-0.15, -0.1) is 0 Å². The molecule has 0 radical (unpaired) electrons. The number of halogens is 2. The van der Waals surface area contributed by atoms with Gasteiger partial charge in [-0.05, 0) is 66.7 Å². The van der Waals surface area contributed by atoms with Crippen LogP contribution in [0.2, 0.25) is 0 Å². The monoisotopic (exact) mass is 2120 g/mol. The first-order valence-electron chi connectivity index (χ1n) is 10.4. The largest absolute Gasteiger partial charge is 0.618 e. The van der Waals surface area contributed by atoms with Gasteiger partial charge < -0.3 is 5.21 Å². The molecule has 7 nitrogen and oxygen atoms in total. The number of hydrogen-bond acceptors (Lipinski definition) is 4. The van der Waals surface area contributed by atoms with Crippen LogP contribution in [0.3, 0.4) is 0 Å². The number of aromatic amines is 1. The standard InChI is InChI=1S/C13H10FN3O.C12H8FN3.7U/c1-16-11-3-2-8-17(18)13(11)12(15-16)9-4-6-10(14)7-5-9;13-9-5-3-8(4-6-9)11-12-10(15-16-11)2-1-7-14-12;;;;;;;/h2-8H,1H3;1-7H,(H,15,16);;;;;;;. The third-order valence-corrected chi connectivity index (χ3v) is 5.32. The quantitative estimate of drug-likeness (QED) is 0.200. The van der Waals surface area contributed by atoms with E-state index >= 15 is 0 Å². The van der Waals surface area contributed by atoms with Crippen LogP contribution < -0.4 is 4.73 Å². The smallest absolute Gasteiger partial charge is 0.270 e. The Morgan fingerprint density at radius 2 is 1.27 bits per heavy atom. The summed E-state index contributed by atoms with van der Waals surface area (Å²) >= 11 is 0. The number of nitrogens with zero attached hydrogens (tertiary/aromatic N) is 5. The van der Waals surface area contributed by atoms with Crippen molar-refractivity contribution < 1.29 is 231 Å². The predicted molar refractivity (Wildman–Crippen MR) is 124 cm³/mol. The van der Waals surface area contributed by atoms with Gasteiger partial charge in [-0.3, -0.25) is 14.8 Å². The summed E-state index contributed by atoms with van der Waals surface area (Å²) in [6.07, 6.45) is 3.14. The normalized spacial score (nSPS) is 9.05. The zero-order valence-electron chi connectivity index (χ0n) is 21.5. The summed E-state index contributed by atoms with van der Waals surface area (Å²) in [6.45, 7) is 0. The van der Waals surface area contributed by atoms with E-state index in [0.29, 0.717) is 11.2 Å². The Hall–Kier alpha value is 2.70. The van der Waals surface area contributed by atoms with Gasteiger partial charge in [0.25, 0.3) is 5.52 Å². The Labute approximate surface area is 401 Å². The van der Waals surface area contributed by atoms with Gasteiger partial charge in [0, 0.05) is 248 Å². The van der Waals surface area contributed by atoms with Crippen LogP contribution in [-0.2, 0) is 7.05 Å². The Bertz CT molecular complexity index is 1620. The summed E-state index contributed by atoms with van der Waals surface area (Å²) in [4.78, 5) is 4.25. The molecule has 2 aromatic carbocycles. The van der Waals surface area contributed by atoms with Crippen molar-refractivity contribution in [2.24, 2.45) is 7.05 Å². The first-order chi connectivity index (χ1) is 16.5. The zero-order chi connectivity index (χ0) is 23.7. The fourth-order valence-electron chi connectivity index (χ4n) is 3.68. The van der Waals surface area contributed by atoms with Crippen molar-refractivity contribution in [2.75, 3.05) is 0 Å². The molecule has 6 rings (SSSR count). The number of hydrogen-bond donors (Lipinski definition) is 1. The zero-order valence-corrected chi connectivity index (χ0v) is 50.6. The van der Waals surface area contributed by atoms with E-state index in [4.69, 9.17) is 0 Å². The van der Waals surface area contributed by atoms with E-state index in [-0.39, 0.29) is 229 Å². The molecule has 0 fully saturated rings. The van der Waals surface area contributed by atoms with Crippen LogP contribution in [0.5, 0.6) is 0 Å². The Morgan fingerprint density at radius 3 is 1.83 bits per heavy atom. The number of H-pyrrole nitrogens is 1.